The van der Waals surface area contributed by atoms with Crippen LogP contribution in [0.1, 0.15) is 0 Å². The molecule has 0 aromatic heterocycles. The molecule has 3 aliphatic heterocycles. The summed E-state index contributed by atoms with van der Waals surface area (Å²) in [6, 6.07) is 0. The minimum atomic E-state index is -0.688. The lowest BCUT2D eigenvalue weighted by molar-refractivity contribution is 0.0572. The summed E-state index contributed by atoms with van der Waals surface area (Å²) in [7, 11) is 0. The van der Waals surface area contributed by atoms with Crippen LogP contribution in [-0.4, -0.2) is 50.5 Å². The number of β-amino-alcohol motifs (C(OH)–C–C–N with tert-alkyl or cyclic N) is 2. The molecule has 0 bridgehead atoms. The van der Waals surface area contributed by atoms with Crippen molar-refractivity contribution in [3.63, 3.8) is 0 Å². The summed E-state index contributed by atoms with van der Waals surface area (Å²) in [4.78, 5) is 13.1. The summed E-state index contributed by atoms with van der Waals surface area (Å²) in [5.41, 5.74) is 2.57. The van der Waals surface area contributed by atoms with E-state index in [1.807, 2.05) is 4.90 Å². The van der Waals surface area contributed by atoms with Crippen molar-refractivity contribution in [3.8, 4) is 11.4 Å². The number of rotatable bonds is 1. The molecule has 3 rings (SSSR count). The molecule has 2 unspecified atom stereocenters. The van der Waals surface area contributed by atoms with Crippen LogP contribution in [0.3, 0.4) is 0 Å². The first-order valence-electron chi connectivity index (χ1n) is 5.14. The third kappa shape index (κ3) is 1.35. The summed E-state index contributed by atoms with van der Waals surface area (Å²) < 4.78 is 0. The van der Waals surface area contributed by atoms with Crippen molar-refractivity contribution in [3.05, 3.63) is 18.7 Å². The van der Waals surface area contributed by atoms with Gasteiger partial charge in [0, 0.05) is 13.1 Å². The zero-order chi connectivity index (χ0) is 11.1. The van der Waals surface area contributed by atoms with Gasteiger partial charge in [0.25, 0.3) is 0 Å². The maximum absolute atomic E-state index is 9.50. The lowest BCUT2D eigenvalue weighted by atomic mass is 10.3. The van der Waals surface area contributed by atoms with Gasteiger partial charge < -0.3 is 20.1 Å². The molecule has 0 aliphatic carbocycles. The molecule has 6 heteroatoms. The number of aromatic nitrogens is 3. The Hall–Kier alpha value is -1.66. The van der Waals surface area contributed by atoms with Gasteiger partial charge in [0.1, 0.15) is 5.69 Å². The van der Waals surface area contributed by atoms with Crippen molar-refractivity contribution in [2.24, 2.45) is 0 Å². The number of aromatic amines is 1. The maximum atomic E-state index is 9.50. The molecule has 1 fully saturated rings. The first kappa shape index (κ1) is 9.56. The zero-order valence-corrected chi connectivity index (χ0v) is 8.54. The Bertz CT molecular complexity index is 462. The molecule has 0 saturated carbocycles. The van der Waals surface area contributed by atoms with E-state index in [-0.39, 0.29) is 0 Å². The third-order valence-corrected chi connectivity index (χ3v) is 2.92. The van der Waals surface area contributed by atoms with Gasteiger partial charge in [-0.1, -0.05) is 0 Å². The molecule has 3 N–H and O–H groups in total. The van der Waals surface area contributed by atoms with E-state index in [4.69, 9.17) is 0 Å². The van der Waals surface area contributed by atoms with Gasteiger partial charge in [0.15, 0.2) is 0 Å². The van der Waals surface area contributed by atoms with Gasteiger partial charge in [-0.25, -0.2) is 4.98 Å². The number of nitrogens with zero attached hydrogens (tertiary/aromatic N) is 3. The number of aliphatic hydroxyl groups is 2. The van der Waals surface area contributed by atoms with E-state index >= 15 is 0 Å². The van der Waals surface area contributed by atoms with Gasteiger partial charge in [0.05, 0.1) is 42.3 Å². The van der Waals surface area contributed by atoms with Crippen LogP contribution in [0.25, 0.3) is 11.4 Å². The second kappa shape index (κ2) is 3.43. The van der Waals surface area contributed by atoms with Crippen LogP contribution in [0.4, 0.5) is 5.69 Å². The van der Waals surface area contributed by atoms with Crippen LogP contribution in [-0.2, 0) is 0 Å². The lowest BCUT2D eigenvalue weighted by Gasteiger charge is -2.16. The first-order valence-corrected chi connectivity index (χ1v) is 5.14. The summed E-state index contributed by atoms with van der Waals surface area (Å²) >= 11 is 0. The predicted octanol–water partition coefficient (Wildman–Crippen LogP) is -0.549. The fraction of sp³-hybridized carbons (Fsp3) is 0.400. The van der Waals surface area contributed by atoms with Crippen molar-refractivity contribution in [2.45, 2.75) is 12.2 Å². The minimum absolute atomic E-state index is 0.429. The Balaban J connectivity index is 1.96. The molecule has 0 aromatic carbocycles. The van der Waals surface area contributed by atoms with Crippen molar-refractivity contribution < 1.29 is 10.2 Å². The highest BCUT2D eigenvalue weighted by atomic mass is 16.3. The Kier molecular flexibility index (Phi) is 2.05. The van der Waals surface area contributed by atoms with Crippen molar-refractivity contribution in [1.29, 1.82) is 0 Å². The van der Waals surface area contributed by atoms with Crippen molar-refractivity contribution in [1.82, 2.24) is 15.0 Å². The summed E-state index contributed by atoms with van der Waals surface area (Å²) in [6.07, 6.45) is 3.63. The molecule has 0 radical (unpaired) electrons. The number of nitrogens with one attached hydrogen (secondary N) is 1. The Labute approximate surface area is 91.9 Å². The fourth-order valence-electron chi connectivity index (χ4n) is 2.05. The highest BCUT2D eigenvalue weighted by Gasteiger charge is 2.31. The second-order valence-electron chi connectivity index (χ2n) is 3.99. The number of anilines is 1. The van der Waals surface area contributed by atoms with E-state index in [0.29, 0.717) is 13.1 Å². The van der Waals surface area contributed by atoms with Gasteiger partial charge >= 0.3 is 0 Å². The monoisotopic (exact) mass is 220 g/mol. The van der Waals surface area contributed by atoms with Crippen molar-refractivity contribution >= 4 is 5.69 Å². The summed E-state index contributed by atoms with van der Waals surface area (Å²) in [6.45, 7) is 0.857. The van der Waals surface area contributed by atoms with E-state index in [9.17, 15) is 10.2 Å². The Morgan fingerprint density at radius 3 is 2.75 bits per heavy atom. The smallest absolute Gasteiger partial charge is 0.107 e. The average Bonchev–Trinajstić information content (AvgIpc) is 2.83. The number of hydrogen-bond acceptors (Lipinski definition) is 5. The topological polar surface area (TPSA) is 85.3 Å². The fourth-order valence-corrected chi connectivity index (χ4v) is 2.05. The molecule has 3 heterocycles. The van der Waals surface area contributed by atoms with E-state index < -0.39 is 12.2 Å². The van der Waals surface area contributed by atoms with Gasteiger partial charge in [-0.15, -0.1) is 0 Å². The minimum Gasteiger partial charge on any atom is -0.389 e. The summed E-state index contributed by atoms with van der Waals surface area (Å²) in [5.74, 6) is 0. The van der Waals surface area contributed by atoms with Gasteiger partial charge in [0.2, 0.25) is 0 Å². The quantitative estimate of drug-likeness (QED) is 0.600. The first-order chi connectivity index (χ1) is 7.75. The van der Waals surface area contributed by atoms with Gasteiger partial charge in [-0.3, -0.25) is 4.98 Å². The molecule has 84 valence electrons. The molecule has 6 nitrogen and oxygen atoms in total. The molecule has 0 spiro atoms. The van der Waals surface area contributed by atoms with Crippen LogP contribution in [0.5, 0.6) is 0 Å². The van der Waals surface area contributed by atoms with Gasteiger partial charge in [-0.2, -0.15) is 0 Å². The molecular weight excluding hydrogens is 208 g/mol. The predicted molar refractivity (Wildman–Crippen MR) is 57.2 cm³/mol. The van der Waals surface area contributed by atoms with Crippen LogP contribution < -0.4 is 4.90 Å². The molecule has 1 saturated heterocycles. The molecule has 2 atom stereocenters. The van der Waals surface area contributed by atoms with Crippen LogP contribution >= 0.6 is 0 Å². The van der Waals surface area contributed by atoms with Crippen molar-refractivity contribution in [2.75, 3.05) is 18.0 Å². The van der Waals surface area contributed by atoms with E-state index in [1.165, 1.54) is 0 Å². The molecule has 16 heavy (non-hydrogen) atoms. The molecule has 0 amide bonds. The third-order valence-electron chi connectivity index (χ3n) is 2.92. The number of aliphatic hydroxyl groups excluding tert-OH is 2. The normalized spacial score (nSPS) is 25.5. The van der Waals surface area contributed by atoms with Crippen LogP contribution in [0, 0.1) is 0 Å². The Morgan fingerprint density at radius 2 is 2.00 bits per heavy atom. The number of hydrogen-bond donors (Lipinski definition) is 3. The maximum Gasteiger partial charge on any atom is 0.107 e. The van der Waals surface area contributed by atoms with E-state index in [2.05, 4.69) is 15.0 Å². The zero-order valence-electron chi connectivity index (χ0n) is 8.54. The van der Waals surface area contributed by atoms with E-state index in [1.54, 1.807) is 18.7 Å². The van der Waals surface area contributed by atoms with Gasteiger partial charge in [-0.05, 0) is 0 Å². The number of fused-ring (bicyclic) bond motifs is 1. The second-order valence-corrected chi connectivity index (χ2v) is 3.99. The lowest BCUT2D eigenvalue weighted by Crippen LogP contribution is -2.22. The SMILES string of the molecule is OC1CN(c2cnc3cnc[nH]c2-3)CC1O. The largest absolute Gasteiger partial charge is 0.389 e. The highest BCUT2D eigenvalue weighted by Crippen LogP contribution is 2.31. The molecule has 0 aromatic rings. The number of H-pyrrole nitrogens is 1. The standard InChI is InChI=1S/C10H12N4O2/c15-8-3-14(4-9(8)16)7-2-12-6-1-11-5-13-10(6)7/h1-2,5,8-9,15-16H,3-4H2,(H,11,13). The summed E-state index contributed by atoms with van der Waals surface area (Å²) in [5, 5.41) is 19.0. The molecular formula is C10H12N4O2. The average molecular weight is 220 g/mol. The van der Waals surface area contributed by atoms with Crippen LogP contribution in [0.2, 0.25) is 0 Å². The Morgan fingerprint density at radius 1 is 1.25 bits per heavy atom. The highest BCUT2D eigenvalue weighted by molar-refractivity contribution is 5.74. The van der Waals surface area contributed by atoms with Crippen LogP contribution in [0.15, 0.2) is 18.7 Å². The van der Waals surface area contributed by atoms with E-state index in [0.717, 1.165) is 17.1 Å². The molecule has 3 aliphatic rings.